The minimum atomic E-state index is -4.30. The van der Waals surface area contributed by atoms with Crippen molar-refractivity contribution in [2.24, 2.45) is 0 Å². The fourth-order valence-corrected chi connectivity index (χ4v) is 7.38. The van der Waals surface area contributed by atoms with Gasteiger partial charge < -0.3 is 18.9 Å². The van der Waals surface area contributed by atoms with Gasteiger partial charge in [-0.05, 0) is 109 Å². The molecule has 2 unspecified atom stereocenters. The van der Waals surface area contributed by atoms with E-state index in [0.717, 1.165) is 128 Å². The Morgan fingerprint density at radius 2 is 0.797 bits per heavy atom. The monoisotopic (exact) mass is 979 g/mol. The van der Waals surface area contributed by atoms with Gasteiger partial charge in [-0.2, -0.15) is 0 Å². The van der Waals surface area contributed by atoms with Gasteiger partial charge in [-0.1, -0.05) is 199 Å². The maximum Gasteiger partial charge on any atom is 0.472 e. The Morgan fingerprint density at radius 1 is 0.449 bits per heavy atom. The van der Waals surface area contributed by atoms with E-state index in [1.165, 1.54) is 32.1 Å². The Labute approximate surface area is 424 Å². The molecule has 0 aliphatic carbocycles. The number of rotatable bonds is 48. The van der Waals surface area contributed by atoms with Crippen LogP contribution in [0.2, 0.25) is 0 Å². The third-order valence-corrected chi connectivity index (χ3v) is 11.7. The second-order valence-corrected chi connectivity index (χ2v) is 19.9. The minimum Gasteiger partial charge on any atom is -0.457 e. The first-order valence-electron chi connectivity index (χ1n) is 26.9. The van der Waals surface area contributed by atoms with E-state index < -0.39 is 13.9 Å². The van der Waals surface area contributed by atoms with Gasteiger partial charge in [0.05, 0.1) is 34.4 Å². The van der Waals surface area contributed by atoms with E-state index >= 15 is 0 Å². The van der Waals surface area contributed by atoms with Crippen LogP contribution in [0, 0.1) is 0 Å². The van der Waals surface area contributed by atoms with Crippen LogP contribution in [0.1, 0.15) is 181 Å². The molecule has 0 heterocycles. The first-order chi connectivity index (χ1) is 33.6. The summed E-state index contributed by atoms with van der Waals surface area (Å²) < 4.78 is 35.2. The Hall–Kier alpha value is -3.36. The number of carbonyl (C=O) groups excluding carboxylic acids is 1. The lowest BCUT2D eigenvalue weighted by atomic mass is 10.1. The summed E-state index contributed by atoms with van der Waals surface area (Å²) in [6.45, 7) is 5.31. The van der Waals surface area contributed by atoms with E-state index in [4.69, 9.17) is 18.5 Å². The number of quaternary nitrogens is 1. The lowest BCUT2D eigenvalue weighted by Crippen LogP contribution is -2.37. The average molecular weight is 979 g/mol. The summed E-state index contributed by atoms with van der Waals surface area (Å²) in [5.41, 5.74) is 0. The molecule has 2 atom stereocenters. The van der Waals surface area contributed by atoms with Crippen molar-refractivity contribution in [3.8, 4) is 0 Å². The van der Waals surface area contributed by atoms with Crippen LogP contribution in [0.15, 0.2) is 134 Å². The van der Waals surface area contributed by atoms with Crippen LogP contribution >= 0.6 is 7.82 Å². The molecule has 0 amide bonds. The maximum atomic E-state index is 12.8. The number of nitrogens with zero attached hydrogens (tertiary/aromatic N) is 1. The highest BCUT2D eigenvalue weighted by Gasteiger charge is 2.26. The molecule has 0 aromatic carbocycles. The topological polar surface area (TPSA) is 91.3 Å². The fraction of sp³-hybridized carbons (Fsp3) is 0.617. The average Bonchev–Trinajstić information content (AvgIpc) is 3.31. The van der Waals surface area contributed by atoms with Crippen LogP contribution in [-0.2, 0) is 27.9 Å². The highest BCUT2D eigenvalue weighted by atomic mass is 31.2. The molecule has 1 N–H and O–H groups in total. The van der Waals surface area contributed by atoms with Crippen LogP contribution in [-0.4, -0.2) is 75.6 Å². The van der Waals surface area contributed by atoms with Crippen molar-refractivity contribution >= 4 is 13.8 Å². The van der Waals surface area contributed by atoms with Gasteiger partial charge in [-0.3, -0.25) is 13.8 Å². The summed E-state index contributed by atoms with van der Waals surface area (Å²) >= 11 is 0. The zero-order valence-electron chi connectivity index (χ0n) is 44.5. The van der Waals surface area contributed by atoms with Crippen molar-refractivity contribution < 1.29 is 37.3 Å². The molecule has 69 heavy (non-hydrogen) atoms. The van der Waals surface area contributed by atoms with Crippen molar-refractivity contribution in [3.63, 3.8) is 0 Å². The summed E-state index contributed by atoms with van der Waals surface area (Å²) in [5.74, 6) is -0.340. The second-order valence-electron chi connectivity index (χ2n) is 18.5. The molecule has 0 aliphatic rings. The summed E-state index contributed by atoms with van der Waals surface area (Å²) in [5, 5.41) is 0. The maximum absolute atomic E-state index is 12.8. The molecular formula is C60H101NO7P+. The number of esters is 1. The Balaban J connectivity index is 4.24. The van der Waals surface area contributed by atoms with Crippen LogP contribution in [0.4, 0.5) is 0 Å². The number of hydrogen-bond donors (Lipinski definition) is 1. The fourth-order valence-electron chi connectivity index (χ4n) is 6.64. The van der Waals surface area contributed by atoms with E-state index in [2.05, 4.69) is 148 Å². The molecule has 0 spiro atoms. The highest BCUT2D eigenvalue weighted by molar-refractivity contribution is 7.47. The smallest absolute Gasteiger partial charge is 0.457 e. The SMILES string of the molecule is CC/C=C\C/C=C\C/C=C\C/C=C\C/C=C\C/C=C\CCCCCCCCC(=O)OC(COCCCCCCCC/C=C\C/C=C\C/C=C\C/C=C\C/C=C\CC)COP(=O)(O)OCC[N+](C)(C)C. The molecule has 0 saturated carbocycles. The first kappa shape index (κ1) is 65.6. The van der Waals surface area contributed by atoms with E-state index in [1.807, 2.05) is 21.1 Å². The lowest BCUT2D eigenvalue weighted by molar-refractivity contribution is -0.870. The molecule has 0 saturated heterocycles. The molecule has 392 valence electrons. The number of phosphoric ester groups is 1. The minimum absolute atomic E-state index is 0.0735. The number of phosphoric acid groups is 1. The molecule has 0 fully saturated rings. The third kappa shape index (κ3) is 55.4. The second kappa shape index (κ2) is 51.0. The summed E-state index contributed by atoms with van der Waals surface area (Å²) in [7, 11) is 1.62. The number of carbonyl (C=O) groups is 1. The predicted octanol–water partition coefficient (Wildman–Crippen LogP) is 17.1. The quantitative estimate of drug-likeness (QED) is 0.0213. The van der Waals surface area contributed by atoms with Gasteiger partial charge >= 0.3 is 13.8 Å². The van der Waals surface area contributed by atoms with Gasteiger partial charge in [-0.25, -0.2) is 4.57 Å². The zero-order chi connectivity index (χ0) is 50.5. The summed E-state index contributed by atoms with van der Waals surface area (Å²) in [6.07, 6.45) is 75.0. The molecular weight excluding hydrogens is 878 g/mol. The number of ether oxygens (including phenoxy) is 2. The molecule has 8 nitrogen and oxygen atoms in total. The molecule has 0 aliphatic heterocycles. The van der Waals surface area contributed by atoms with E-state index in [-0.39, 0.29) is 25.8 Å². The van der Waals surface area contributed by atoms with Crippen molar-refractivity contribution in [2.45, 2.75) is 187 Å². The predicted molar refractivity (Wildman–Crippen MR) is 297 cm³/mol. The lowest BCUT2D eigenvalue weighted by Gasteiger charge is -2.24. The molecule has 0 bridgehead atoms. The van der Waals surface area contributed by atoms with Crippen molar-refractivity contribution in [2.75, 3.05) is 54.1 Å². The molecule has 0 aromatic heterocycles. The summed E-state index contributed by atoms with van der Waals surface area (Å²) in [6, 6.07) is 0. The molecule has 0 aromatic rings. The van der Waals surface area contributed by atoms with Gasteiger partial charge in [0.25, 0.3) is 0 Å². The number of allylic oxidation sites excluding steroid dienone is 22. The van der Waals surface area contributed by atoms with E-state index in [9.17, 15) is 14.3 Å². The molecule has 0 rings (SSSR count). The van der Waals surface area contributed by atoms with Crippen LogP contribution in [0.25, 0.3) is 0 Å². The van der Waals surface area contributed by atoms with Gasteiger partial charge in [0.15, 0.2) is 0 Å². The van der Waals surface area contributed by atoms with Crippen LogP contribution in [0.5, 0.6) is 0 Å². The number of likely N-dealkylation sites (N-methyl/N-ethyl adjacent to an activating group) is 1. The van der Waals surface area contributed by atoms with Gasteiger partial charge in [0.2, 0.25) is 0 Å². The number of hydrogen-bond acceptors (Lipinski definition) is 6. The van der Waals surface area contributed by atoms with Crippen LogP contribution < -0.4 is 0 Å². The van der Waals surface area contributed by atoms with Crippen molar-refractivity contribution in [1.29, 1.82) is 0 Å². The van der Waals surface area contributed by atoms with Crippen LogP contribution in [0.3, 0.4) is 0 Å². The number of unbranched alkanes of at least 4 members (excludes halogenated alkanes) is 12. The van der Waals surface area contributed by atoms with E-state index in [0.29, 0.717) is 24.1 Å². The van der Waals surface area contributed by atoms with Gasteiger partial charge in [-0.15, -0.1) is 0 Å². The third-order valence-electron chi connectivity index (χ3n) is 10.7. The first-order valence-corrected chi connectivity index (χ1v) is 28.4. The van der Waals surface area contributed by atoms with Gasteiger partial charge in [0.1, 0.15) is 19.3 Å². The standard InChI is InChI=1S/C60H100NO7P/c1-6-8-10-12-14-16-18-20-22-24-26-28-30-31-32-33-35-37-39-41-43-45-47-49-51-53-60(62)68-59(58-67-69(63,64)66-56-54-61(3,4)5)57-65-55-52-50-48-46-44-42-40-38-36-34-29-27-25-23-21-19-17-15-13-11-9-7-2/h8-11,14-17,20-23,26-29,31-32,35-38,59H,6-7,12-13,18-19,24-25,30,33-34,39-58H2,1-5H3/p+1/b10-8-,11-9-,16-14-,17-15-,22-20-,23-21-,28-26-,29-27-,32-31-,37-35-,38-36-. The zero-order valence-corrected chi connectivity index (χ0v) is 45.4. The highest BCUT2D eigenvalue weighted by Crippen LogP contribution is 2.43. The summed E-state index contributed by atoms with van der Waals surface area (Å²) in [4.78, 5) is 23.1. The van der Waals surface area contributed by atoms with Gasteiger partial charge in [0, 0.05) is 13.0 Å². The Kier molecular flexibility index (Phi) is 48.5. The van der Waals surface area contributed by atoms with Crippen molar-refractivity contribution in [3.05, 3.63) is 134 Å². The van der Waals surface area contributed by atoms with Crippen molar-refractivity contribution in [1.82, 2.24) is 0 Å². The molecule has 9 heteroatoms. The Morgan fingerprint density at radius 3 is 1.19 bits per heavy atom. The molecule has 0 radical (unpaired) electrons. The van der Waals surface area contributed by atoms with E-state index in [1.54, 1.807) is 0 Å². The largest absolute Gasteiger partial charge is 0.472 e. The Bertz CT molecular complexity index is 1560. The normalized spacial score (nSPS) is 14.6.